The van der Waals surface area contributed by atoms with Crippen molar-refractivity contribution in [2.45, 2.75) is 71.1 Å². The fourth-order valence-electron chi connectivity index (χ4n) is 4.77. The van der Waals surface area contributed by atoms with E-state index in [0.717, 1.165) is 50.5 Å². The second-order valence-electron chi connectivity index (χ2n) is 11.7. The lowest BCUT2D eigenvalue weighted by molar-refractivity contribution is -0.160. The zero-order valence-electron chi connectivity index (χ0n) is 26.6. The first-order valence-electron chi connectivity index (χ1n) is 16.0. The molecule has 0 amide bonds. The Morgan fingerprint density at radius 2 is 1.22 bits per heavy atom. The lowest BCUT2D eigenvalue weighted by Gasteiger charge is -2.22. The third kappa shape index (κ3) is 11.6. The summed E-state index contributed by atoms with van der Waals surface area (Å²) in [6.45, 7) is 1.52. The number of aromatic carboxylic acids is 1. The van der Waals surface area contributed by atoms with Gasteiger partial charge in [-0.15, -0.1) is 0 Å². The summed E-state index contributed by atoms with van der Waals surface area (Å²) in [5.74, 6) is -1.40. The normalized spacial score (nSPS) is 11.2. The molecule has 0 aliphatic rings. The first-order valence-corrected chi connectivity index (χ1v) is 16.0. The topological polar surface area (TPSA) is 140 Å². The highest BCUT2D eigenvalue weighted by Gasteiger charge is 2.33. The summed E-state index contributed by atoms with van der Waals surface area (Å²) in [5, 5.41) is 27.9. The number of carboxylic acids is 1. The van der Waals surface area contributed by atoms with E-state index in [9.17, 15) is 29.7 Å². The fourth-order valence-corrected chi connectivity index (χ4v) is 4.77. The van der Waals surface area contributed by atoms with Crippen molar-refractivity contribution in [3.8, 4) is 22.6 Å². The zero-order chi connectivity index (χ0) is 33.2. The minimum absolute atomic E-state index is 0.0317. The predicted molar refractivity (Wildman–Crippen MR) is 175 cm³/mol. The Labute approximate surface area is 271 Å². The van der Waals surface area contributed by atoms with Crippen LogP contribution in [-0.4, -0.2) is 59.7 Å². The van der Waals surface area contributed by atoms with Gasteiger partial charge in [0.2, 0.25) is 0 Å². The van der Waals surface area contributed by atoms with Gasteiger partial charge in [0.05, 0.1) is 37.6 Å². The largest absolute Gasteiger partial charge is 0.494 e. The number of esters is 2. The van der Waals surface area contributed by atoms with Gasteiger partial charge in [-0.05, 0) is 67.8 Å². The molecule has 0 unspecified atom stereocenters. The molecule has 46 heavy (non-hydrogen) atoms. The first-order chi connectivity index (χ1) is 22.3. The molecule has 0 atom stereocenters. The monoisotopic (exact) mass is 634 g/mol. The smallest absolute Gasteiger partial charge is 0.343 e. The van der Waals surface area contributed by atoms with Crippen molar-refractivity contribution in [2.24, 2.45) is 5.41 Å². The highest BCUT2D eigenvalue weighted by molar-refractivity contribution is 5.94. The van der Waals surface area contributed by atoms with E-state index >= 15 is 0 Å². The molecule has 0 aliphatic heterocycles. The summed E-state index contributed by atoms with van der Waals surface area (Å²) in [7, 11) is 0. The number of carbonyl (C=O) groups excluding carboxylic acids is 2. The van der Waals surface area contributed by atoms with E-state index in [4.69, 9.17) is 14.2 Å². The van der Waals surface area contributed by atoms with Crippen LogP contribution in [-0.2, 0) is 9.53 Å². The number of hydrogen-bond donors (Lipinski definition) is 3. The Hall–Kier alpha value is -4.21. The van der Waals surface area contributed by atoms with Gasteiger partial charge in [0, 0.05) is 5.56 Å². The molecule has 0 aromatic heterocycles. The Balaban J connectivity index is 1.27. The summed E-state index contributed by atoms with van der Waals surface area (Å²) in [6, 6.07) is 20.6. The number of carboxylic acid groups (broad SMARTS) is 1. The predicted octanol–water partition coefficient (Wildman–Crippen LogP) is 7.08. The van der Waals surface area contributed by atoms with E-state index < -0.39 is 36.5 Å². The average molecular weight is 635 g/mol. The van der Waals surface area contributed by atoms with Crippen LogP contribution in [0.5, 0.6) is 11.5 Å². The van der Waals surface area contributed by atoms with Gasteiger partial charge in [0.15, 0.2) is 0 Å². The maximum absolute atomic E-state index is 12.9. The molecule has 3 rings (SSSR count). The highest BCUT2D eigenvalue weighted by Crippen LogP contribution is 2.32. The van der Waals surface area contributed by atoms with Gasteiger partial charge < -0.3 is 29.5 Å². The Morgan fingerprint density at radius 3 is 1.78 bits per heavy atom. The van der Waals surface area contributed by atoms with E-state index in [2.05, 4.69) is 0 Å². The first kappa shape index (κ1) is 36.3. The van der Waals surface area contributed by atoms with E-state index in [1.54, 1.807) is 30.3 Å². The van der Waals surface area contributed by atoms with Gasteiger partial charge in [-0.25, -0.2) is 9.59 Å². The minimum atomic E-state index is -1.23. The van der Waals surface area contributed by atoms with Crippen molar-refractivity contribution >= 4 is 17.9 Å². The molecule has 0 radical (unpaired) electrons. The quantitative estimate of drug-likeness (QED) is 0.0637. The number of unbranched alkanes of at least 4 members (excludes halogenated alkanes) is 9. The van der Waals surface area contributed by atoms with Crippen LogP contribution in [0.3, 0.4) is 0 Å². The van der Waals surface area contributed by atoms with Crippen LogP contribution < -0.4 is 9.47 Å². The summed E-state index contributed by atoms with van der Waals surface area (Å²) < 4.78 is 16.7. The number of hydrogen-bond acceptors (Lipinski definition) is 8. The molecule has 0 heterocycles. The van der Waals surface area contributed by atoms with Gasteiger partial charge in [-0.2, -0.15) is 0 Å². The van der Waals surface area contributed by atoms with E-state index in [1.165, 1.54) is 38.3 Å². The molecule has 0 saturated carbocycles. The standard InChI is InChI=1S/C37H46O9/c1-37(26-38,27-39)36(43)45-24-14-9-7-5-3-2-4-6-8-13-23-44-31-20-17-29(18-21-31)35(42)46-33-25-30(34(40)41)19-22-32(33)28-15-11-10-12-16-28/h10-12,15-22,25,38-39H,2-9,13-14,23-24,26-27H2,1H3,(H,40,41). The molecular formula is C37H46O9. The lowest BCUT2D eigenvalue weighted by Crippen LogP contribution is -2.37. The SMILES string of the molecule is CC(CO)(CO)C(=O)OCCCCCCCCCCCCOc1ccc(C(=O)Oc2cc(C(=O)O)ccc2-c2ccccc2)cc1. The Kier molecular flexibility index (Phi) is 15.2. The summed E-state index contributed by atoms with van der Waals surface area (Å²) in [5.41, 5.74) is 0.568. The second kappa shape index (κ2) is 19.3. The number of benzene rings is 3. The molecule has 9 nitrogen and oxygen atoms in total. The molecule has 3 aromatic carbocycles. The Morgan fingerprint density at radius 1 is 0.674 bits per heavy atom. The molecular weight excluding hydrogens is 588 g/mol. The lowest BCUT2D eigenvalue weighted by atomic mass is 9.93. The molecule has 0 fully saturated rings. The molecule has 248 valence electrons. The molecule has 0 spiro atoms. The third-order valence-corrected chi connectivity index (χ3v) is 7.84. The van der Waals surface area contributed by atoms with Crippen molar-refractivity contribution < 1.29 is 43.9 Å². The van der Waals surface area contributed by atoms with Crippen LogP contribution in [0, 0.1) is 5.41 Å². The van der Waals surface area contributed by atoms with Crippen LogP contribution in [0.2, 0.25) is 0 Å². The highest BCUT2D eigenvalue weighted by atomic mass is 16.5. The van der Waals surface area contributed by atoms with Crippen LogP contribution in [0.25, 0.3) is 11.1 Å². The van der Waals surface area contributed by atoms with Gasteiger partial charge in [-0.3, -0.25) is 4.79 Å². The van der Waals surface area contributed by atoms with E-state index in [1.807, 2.05) is 30.3 Å². The van der Waals surface area contributed by atoms with Crippen LogP contribution in [0.15, 0.2) is 72.8 Å². The van der Waals surface area contributed by atoms with Gasteiger partial charge in [-0.1, -0.05) is 81.7 Å². The number of rotatable bonds is 21. The van der Waals surface area contributed by atoms with Crippen molar-refractivity contribution in [3.05, 3.63) is 83.9 Å². The van der Waals surface area contributed by atoms with Crippen molar-refractivity contribution in [2.75, 3.05) is 26.4 Å². The summed E-state index contributed by atoms with van der Waals surface area (Å²) in [4.78, 5) is 36.3. The van der Waals surface area contributed by atoms with Crippen molar-refractivity contribution in [1.29, 1.82) is 0 Å². The maximum Gasteiger partial charge on any atom is 0.343 e. The molecule has 0 bridgehead atoms. The van der Waals surface area contributed by atoms with Crippen LogP contribution in [0.4, 0.5) is 0 Å². The van der Waals surface area contributed by atoms with Crippen molar-refractivity contribution in [3.63, 3.8) is 0 Å². The van der Waals surface area contributed by atoms with Crippen LogP contribution in [0.1, 0.15) is 91.8 Å². The molecule has 9 heteroatoms. The molecule has 3 N–H and O–H groups in total. The third-order valence-electron chi connectivity index (χ3n) is 7.84. The number of aliphatic hydroxyl groups is 2. The fraction of sp³-hybridized carbons (Fsp3) is 0.432. The van der Waals surface area contributed by atoms with Gasteiger partial charge in [0.25, 0.3) is 0 Å². The van der Waals surface area contributed by atoms with Gasteiger partial charge in [0.1, 0.15) is 16.9 Å². The number of aliphatic hydroxyl groups excluding tert-OH is 2. The maximum atomic E-state index is 12.9. The van der Waals surface area contributed by atoms with Crippen molar-refractivity contribution in [1.82, 2.24) is 0 Å². The molecule has 0 aliphatic carbocycles. The molecule has 0 saturated heterocycles. The molecule has 3 aromatic rings. The summed E-state index contributed by atoms with van der Waals surface area (Å²) >= 11 is 0. The average Bonchev–Trinajstić information content (AvgIpc) is 3.08. The second-order valence-corrected chi connectivity index (χ2v) is 11.7. The number of ether oxygens (including phenoxy) is 3. The zero-order valence-corrected chi connectivity index (χ0v) is 26.6. The Bertz CT molecular complexity index is 1370. The van der Waals surface area contributed by atoms with Gasteiger partial charge >= 0.3 is 17.9 Å². The number of carbonyl (C=O) groups is 3. The minimum Gasteiger partial charge on any atom is -0.494 e. The summed E-state index contributed by atoms with van der Waals surface area (Å²) in [6.07, 6.45) is 10.7. The van der Waals surface area contributed by atoms with E-state index in [-0.39, 0.29) is 11.3 Å². The van der Waals surface area contributed by atoms with E-state index in [0.29, 0.717) is 30.1 Å². The van der Waals surface area contributed by atoms with Crippen LogP contribution >= 0.6 is 0 Å².